The molecule has 3 N–H and O–H groups in total. The summed E-state index contributed by atoms with van der Waals surface area (Å²) < 4.78 is 0. The Morgan fingerprint density at radius 1 is 1.10 bits per heavy atom. The maximum Gasteiger partial charge on any atom is 0.0801 e. The van der Waals surface area contributed by atoms with Crippen molar-refractivity contribution in [2.45, 2.75) is 74.1 Å². The minimum absolute atomic E-state index is 0.378. The van der Waals surface area contributed by atoms with Gasteiger partial charge < -0.3 is 20.9 Å². The average Bonchev–Trinajstić information content (AvgIpc) is 3.70. The largest absolute Gasteiger partial charge is 0.388 e. The first-order valence-corrected chi connectivity index (χ1v) is 15.2. The summed E-state index contributed by atoms with van der Waals surface area (Å²) >= 11 is 1.68. The maximum absolute atomic E-state index is 4.50. The van der Waals surface area contributed by atoms with Gasteiger partial charge in [0.15, 0.2) is 0 Å². The molecule has 0 spiro atoms. The van der Waals surface area contributed by atoms with Crippen LogP contribution in [0, 0.1) is 31.1 Å². The van der Waals surface area contributed by atoms with Crippen molar-refractivity contribution in [3.8, 4) is 23.3 Å². The summed E-state index contributed by atoms with van der Waals surface area (Å²) in [5.41, 5.74) is 11.6. The van der Waals surface area contributed by atoms with E-state index < -0.39 is 0 Å². The molecule has 2 fully saturated rings. The zero-order valence-electron chi connectivity index (χ0n) is 26.8. The molecule has 0 amide bonds. The summed E-state index contributed by atoms with van der Waals surface area (Å²) in [7, 11) is 5.60. The number of aromatic nitrogens is 1. The lowest BCUT2D eigenvalue weighted by Crippen LogP contribution is -2.22. The van der Waals surface area contributed by atoms with Gasteiger partial charge in [-0.1, -0.05) is 60.3 Å². The van der Waals surface area contributed by atoms with Gasteiger partial charge in [-0.3, -0.25) is 0 Å². The van der Waals surface area contributed by atoms with E-state index in [0.29, 0.717) is 5.41 Å². The Hall–Kier alpha value is -2.33. The standard InChI is InChI=1S/C12H23N.C11H12N2S.C5H11N.C2H6.C2H2.CH5N/c1-10-6-7-13(9-10)11(2)8-12(3,4)5;1-8-11(14-7-13-8)9-3-5-10(12-2)6-4-9;1-6-4-2-3-5-6;3*1-2/h10H,2,6-9H2,1,3-5H3;3-7,12H,1-2H3;2-5H2,1H3;1-2H3;1-2H;2H2,1H3. The summed E-state index contributed by atoms with van der Waals surface area (Å²) in [4.78, 5) is 10.3. The first-order valence-electron chi connectivity index (χ1n) is 14.3. The monoisotopic (exact) mass is 557 g/mol. The zero-order valence-corrected chi connectivity index (χ0v) is 27.6. The fraction of sp³-hybridized carbons (Fsp3) is 0.606. The summed E-state index contributed by atoms with van der Waals surface area (Å²) in [6.07, 6.45) is 13.3. The van der Waals surface area contributed by atoms with Gasteiger partial charge >= 0.3 is 0 Å². The molecule has 0 radical (unpaired) electrons. The van der Waals surface area contributed by atoms with Gasteiger partial charge in [-0.25, -0.2) is 4.98 Å². The fourth-order valence-corrected chi connectivity index (χ4v) is 5.00. The van der Waals surface area contributed by atoms with Crippen LogP contribution in [0.2, 0.25) is 0 Å². The Balaban J connectivity index is 0. The number of rotatable bonds is 4. The Labute approximate surface area is 246 Å². The summed E-state index contributed by atoms with van der Waals surface area (Å²) in [6.45, 7) is 24.4. The second-order valence-electron chi connectivity index (χ2n) is 10.7. The number of likely N-dealkylation sites (tertiary alicyclic amines) is 2. The lowest BCUT2D eigenvalue weighted by molar-refractivity contribution is 0.324. The molecule has 1 aromatic heterocycles. The van der Waals surface area contributed by atoms with Crippen LogP contribution in [0.25, 0.3) is 10.4 Å². The van der Waals surface area contributed by atoms with Gasteiger partial charge in [-0.05, 0) is 88.8 Å². The average molecular weight is 558 g/mol. The molecule has 2 aromatic rings. The topological polar surface area (TPSA) is 57.4 Å². The molecule has 0 saturated carbocycles. The van der Waals surface area contributed by atoms with E-state index in [1.165, 1.54) is 68.6 Å². The van der Waals surface area contributed by atoms with Crippen LogP contribution in [-0.4, -0.2) is 62.1 Å². The van der Waals surface area contributed by atoms with Crippen molar-refractivity contribution in [1.29, 1.82) is 0 Å². The Morgan fingerprint density at radius 3 is 1.97 bits per heavy atom. The molecule has 222 valence electrons. The molecule has 5 nitrogen and oxygen atoms in total. The summed E-state index contributed by atoms with van der Waals surface area (Å²) in [5.74, 6) is 0.858. The van der Waals surface area contributed by atoms with E-state index >= 15 is 0 Å². The Bertz CT molecular complexity index is 873. The number of nitrogens with two attached hydrogens (primary N) is 1. The summed E-state index contributed by atoms with van der Waals surface area (Å²) in [5, 5.41) is 3.10. The van der Waals surface area contributed by atoms with Crippen molar-refractivity contribution in [1.82, 2.24) is 14.8 Å². The molecule has 2 aliphatic rings. The quantitative estimate of drug-likeness (QED) is 0.373. The van der Waals surface area contributed by atoms with Crippen LogP contribution in [0.1, 0.15) is 72.9 Å². The molecule has 6 heteroatoms. The molecule has 0 aliphatic carbocycles. The van der Waals surface area contributed by atoms with Crippen LogP contribution in [0.4, 0.5) is 5.69 Å². The van der Waals surface area contributed by atoms with Crippen molar-refractivity contribution in [3.05, 3.63) is 47.7 Å². The van der Waals surface area contributed by atoms with Crippen LogP contribution in [-0.2, 0) is 0 Å². The number of aryl methyl sites for hydroxylation is 1. The fourth-order valence-electron chi connectivity index (χ4n) is 4.19. The van der Waals surface area contributed by atoms with E-state index in [1.54, 1.807) is 11.3 Å². The number of allylic oxidation sites excluding steroid dienone is 1. The van der Waals surface area contributed by atoms with E-state index in [0.717, 1.165) is 23.7 Å². The van der Waals surface area contributed by atoms with Crippen molar-refractivity contribution in [2.24, 2.45) is 17.1 Å². The lowest BCUT2D eigenvalue weighted by Gasteiger charge is -2.27. The third-order valence-electron chi connectivity index (χ3n) is 6.12. The third kappa shape index (κ3) is 17.1. The normalized spacial score (nSPS) is 15.8. The molecule has 4 rings (SSSR count). The van der Waals surface area contributed by atoms with Crippen LogP contribution in [0.5, 0.6) is 0 Å². The first kappa shape index (κ1) is 38.8. The molecule has 1 unspecified atom stereocenters. The van der Waals surface area contributed by atoms with E-state index in [1.807, 2.05) is 33.3 Å². The molecule has 2 aliphatic heterocycles. The van der Waals surface area contributed by atoms with Crippen molar-refractivity contribution in [2.75, 3.05) is 52.6 Å². The molecule has 1 atom stereocenters. The van der Waals surface area contributed by atoms with E-state index in [2.05, 4.69) is 104 Å². The highest BCUT2D eigenvalue weighted by molar-refractivity contribution is 7.13. The second-order valence-corrected chi connectivity index (χ2v) is 11.6. The first-order chi connectivity index (χ1) is 18.6. The molecule has 1 aromatic carbocycles. The van der Waals surface area contributed by atoms with Crippen molar-refractivity contribution < 1.29 is 0 Å². The molecule has 2 saturated heterocycles. The number of nitrogens with one attached hydrogen (secondary N) is 1. The van der Waals surface area contributed by atoms with Gasteiger partial charge in [-0.15, -0.1) is 24.2 Å². The minimum Gasteiger partial charge on any atom is -0.388 e. The van der Waals surface area contributed by atoms with Crippen molar-refractivity contribution in [3.63, 3.8) is 0 Å². The minimum atomic E-state index is 0.378. The number of hydrogen-bond donors (Lipinski definition) is 2. The number of terminal acetylenes is 1. The van der Waals surface area contributed by atoms with E-state index in [9.17, 15) is 0 Å². The van der Waals surface area contributed by atoms with Crippen molar-refractivity contribution >= 4 is 17.0 Å². The van der Waals surface area contributed by atoms with E-state index in [4.69, 9.17) is 0 Å². The number of nitrogens with zero attached hydrogens (tertiary/aromatic N) is 3. The van der Waals surface area contributed by atoms with Crippen LogP contribution < -0.4 is 11.1 Å². The number of benzene rings is 1. The van der Waals surface area contributed by atoms with Crippen LogP contribution >= 0.6 is 11.3 Å². The number of anilines is 1. The zero-order chi connectivity index (χ0) is 30.4. The van der Waals surface area contributed by atoms with E-state index in [-0.39, 0.29) is 0 Å². The third-order valence-corrected chi connectivity index (χ3v) is 7.09. The Morgan fingerprint density at radius 2 is 1.64 bits per heavy atom. The highest BCUT2D eigenvalue weighted by Crippen LogP contribution is 2.29. The molecule has 0 bridgehead atoms. The predicted octanol–water partition coefficient (Wildman–Crippen LogP) is 8.00. The van der Waals surface area contributed by atoms with Gasteiger partial charge in [0, 0.05) is 31.5 Å². The highest BCUT2D eigenvalue weighted by Gasteiger charge is 2.22. The second kappa shape index (κ2) is 22.5. The summed E-state index contributed by atoms with van der Waals surface area (Å²) in [6, 6.07) is 8.39. The molecule has 3 heterocycles. The van der Waals surface area contributed by atoms with Gasteiger partial charge in [0.25, 0.3) is 0 Å². The van der Waals surface area contributed by atoms with Gasteiger partial charge in [0.1, 0.15) is 0 Å². The van der Waals surface area contributed by atoms with Gasteiger partial charge in [-0.2, -0.15) is 0 Å². The van der Waals surface area contributed by atoms with Crippen LogP contribution in [0.3, 0.4) is 0 Å². The van der Waals surface area contributed by atoms with Crippen LogP contribution in [0.15, 0.2) is 42.1 Å². The molecule has 39 heavy (non-hydrogen) atoms. The molecular formula is C33H59N5S. The highest BCUT2D eigenvalue weighted by atomic mass is 32.1. The number of hydrogen-bond acceptors (Lipinski definition) is 6. The number of thiazole rings is 1. The predicted molar refractivity (Wildman–Crippen MR) is 178 cm³/mol. The molecular weight excluding hydrogens is 498 g/mol. The van der Waals surface area contributed by atoms with Gasteiger partial charge in [0.05, 0.1) is 16.1 Å². The SMILES string of the molecule is C#C.C=C(CC(C)(C)C)N1CCC(C)C1.CC.CN.CN1CCCC1.CNc1ccc(-c2scnc2C)cc1. The Kier molecular flexibility index (Phi) is 22.4. The van der Waals surface area contributed by atoms with Gasteiger partial charge in [0.2, 0.25) is 0 Å². The lowest BCUT2D eigenvalue weighted by atomic mass is 9.90. The maximum atomic E-state index is 4.50. The smallest absolute Gasteiger partial charge is 0.0801 e.